The average molecular weight is 350 g/mol. The van der Waals surface area contributed by atoms with E-state index >= 15 is 0 Å². The van der Waals surface area contributed by atoms with E-state index in [1.165, 1.54) is 0 Å². The maximum atomic E-state index is 12.7. The maximum absolute atomic E-state index is 12.7. The Morgan fingerprint density at radius 2 is 0.826 bits per heavy atom. The smallest absolute Gasteiger partial charge is 0.223 e. The summed E-state index contributed by atoms with van der Waals surface area (Å²) in [6.45, 7) is 5.08. The van der Waals surface area contributed by atoms with E-state index in [1.807, 2.05) is 15.0 Å². The van der Waals surface area contributed by atoms with E-state index in [9.17, 15) is 4.57 Å². The summed E-state index contributed by atoms with van der Waals surface area (Å²) in [5.74, 6) is 0. The largest absolute Gasteiger partial charge is 0.528 e. The Kier molecular flexibility index (Phi) is 6.78. The van der Waals surface area contributed by atoms with Crippen LogP contribution >= 0.6 is 7.82 Å². The van der Waals surface area contributed by atoms with Crippen LogP contribution in [0.2, 0.25) is 0 Å². The number of hydrogen-bond donors (Lipinski definition) is 3. The van der Waals surface area contributed by atoms with Crippen LogP contribution in [-0.4, -0.2) is 54.3 Å². The maximum Gasteiger partial charge on any atom is 0.528 e. The molecule has 3 aliphatic heterocycles. The molecule has 0 atom stereocenters. The molecule has 0 aliphatic carbocycles. The Labute approximate surface area is 136 Å². The highest BCUT2D eigenvalue weighted by Gasteiger charge is 2.33. The van der Waals surface area contributed by atoms with Crippen LogP contribution in [0.15, 0.2) is 0 Å². The lowest BCUT2D eigenvalue weighted by molar-refractivity contribution is -0.0953. The van der Waals surface area contributed by atoms with Crippen molar-refractivity contribution in [1.82, 2.24) is 31.8 Å². The molecule has 0 unspecified atom stereocenters. The van der Waals surface area contributed by atoms with Gasteiger partial charge in [0.1, 0.15) is 0 Å². The monoisotopic (exact) mass is 350 g/mol. The zero-order valence-electron chi connectivity index (χ0n) is 13.4. The molecule has 3 fully saturated rings. The van der Waals surface area contributed by atoms with Crippen LogP contribution in [0.1, 0.15) is 38.5 Å². The third kappa shape index (κ3) is 5.71. The van der Waals surface area contributed by atoms with Gasteiger partial charge in [0.25, 0.3) is 0 Å². The zero-order chi connectivity index (χ0) is 16.0. The molecule has 3 aliphatic rings. The van der Waals surface area contributed by atoms with E-state index in [2.05, 4.69) is 16.8 Å². The number of nitrogens with zero attached hydrogens (tertiary/aromatic N) is 3. The lowest BCUT2D eigenvalue weighted by atomic mass is 10.4. The fourth-order valence-electron chi connectivity index (χ4n) is 2.80. The van der Waals surface area contributed by atoms with E-state index in [4.69, 9.17) is 13.9 Å². The number of nitrogens with one attached hydrogen (secondary N) is 3. The Balaban J connectivity index is 1.47. The van der Waals surface area contributed by atoms with E-state index in [-0.39, 0.29) is 0 Å². The second-order valence-electron chi connectivity index (χ2n) is 6.08. The Hall–Kier alpha value is -0.130. The molecule has 3 rings (SSSR count). The first kappa shape index (κ1) is 17.7. The molecular weight excluding hydrogens is 323 g/mol. The normalized spacial score (nSPS) is 24.9. The van der Waals surface area contributed by atoms with Gasteiger partial charge in [-0.05, 0) is 38.5 Å². The van der Waals surface area contributed by atoms with Gasteiger partial charge in [0, 0.05) is 39.3 Å². The summed E-state index contributed by atoms with van der Waals surface area (Å²) in [6.07, 6.45) is 6.50. The molecule has 0 spiro atoms. The van der Waals surface area contributed by atoms with Crippen LogP contribution in [0.4, 0.5) is 0 Å². The van der Waals surface area contributed by atoms with E-state index in [0.717, 1.165) is 77.8 Å². The Morgan fingerprint density at radius 3 is 1.09 bits per heavy atom. The van der Waals surface area contributed by atoms with Gasteiger partial charge >= 0.3 is 7.82 Å². The molecule has 0 radical (unpaired) electrons. The molecule has 0 bridgehead atoms. The fraction of sp³-hybridized carbons (Fsp3) is 1.00. The van der Waals surface area contributed by atoms with Gasteiger partial charge in [0.05, 0.1) is 0 Å². The van der Waals surface area contributed by atoms with Crippen LogP contribution in [0.25, 0.3) is 0 Å². The third-order valence-corrected chi connectivity index (χ3v) is 5.08. The molecule has 134 valence electrons. The SMILES string of the molecule is O=P(ONN1CCCC1)(ONN1CCCC1)ONN1CCCC1. The molecule has 0 aromatic carbocycles. The number of hydrazine groups is 3. The molecular formula is C12H27N6O4P. The van der Waals surface area contributed by atoms with Crippen molar-refractivity contribution in [3.8, 4) is 0 Å². The molecule has 0 saturated carbocycles. The molecule has 11 heteroatoms. The highest BCUT2D eigenvalue weighted by Crippen LogP contribution is 2.46. The van der Waals surface area contributed by atoms with Gasteiger partial charge < -0.3 is 0 Å². The van der Waals surface area contributed by atoms with Crippen molar-refractivity contribution in [2.24, 2.45) is 0 Å². The van der Waals surface area contributed by atoms with Gasteiger partial charge in [0.2, 0.25) is 0 Å². The summed E-state index contributed by atoms with van der Waals surface area (Å²) in [5.41, 5.74) is 8.03. The molecule has 23 heavy (non-hydrogen) atoms. The number of phosphoric acid groups is 1. The average Bonchev–Trinajstić information content (AvgIpc) is 3.33. The Morgan fingerprint density at radius 1 is 0.565 bits per heavy atom. The zero-order valence-corrected chi connectivity index (χ0v) is 14.3. The van der Waals surface area contributed by atoms with Crippen LogP contribution in [-0.2, 0) is 18.4 Å². The first-order chi connectivity index (χ1) is 11.2. The standard InChI is InChI=1S/C12H27N6O4P/c19-23(20-13-16-7-1-2-8-16,21-14-17-9-3-4-10-17)22-15-18-11-5-6-12-18/h13-15H,1-12H2. The van der Waals surface area contributed by atoms with Crippen molar-refractivity contribution < 1.29 is 18.4 Å². The lowest BCUT2D eigenvalue weighted by Gasteiger charge is -2.25. The van der Waals surface area contributed by atoms with Gasteiger partial charge in [0.15, 0.2) is 0 Å². The van der Waals surface area contributed by atoms with Crippen LogP contribution in [0.3, 0.4) is 0 Å². The topological polar surface area (TPSA) is 90.6 Å². The first-order valence-corrected chi connectivity index (χ1v) is 9.87. The van der Waals surface area contributed by atoms with Gasteiger partial charge in [-0.25, -0.2) is 19.6 Å². The summed E-state index contributed by atoms with van der Waals surface area (Å²) in [6, 6.07) is 0. The van der Waals surface area contributed by atoms with Crippen LogP contribution in [0, 0.1) is 0 Å². The van der Waals surface area contributed by atoms with E-state index in [1.54, 1.807) is 0 Å². The highest BCUT2D eigenvalue weighted by atomic mass is 31.2. The molecule has 3 saturated heterocycles. The summed E-state index contributed by atoms with van der Waals surface area (Å²) in [7, 11) is -3.84. The molecule has 10 nitrogen and oxygen atoms in total. The molecule has 0 amide bonds. The van der Waals surface area contributed by atoms with Crippen LogP contribution in [0.5, 0.6) is 0 Å². The van der Waals surface area contributed by atoms with E-state index < -0.39 is 7.82 Å². The van der Waals surface area contributed by atoms with Gasteiger partial charge in [-0.1, -0.05) is 0 Å². The fourth-order valence-corrected chi connectivity index (χ4v) is 3.56. The summed E-state index contributed by atoms with van der Waals surface area (Å²) < 4.78 is 28.5. The molecule has 0 aromatic rings. The van der Waals surface area contributed by atoms with Crippen molar-refractivity contribution in [2.45, 2.75) is 38.5 Å². The van der Waals surface area contributed by atoms with Gasteiger partial charge in [-0.3, -0.25) is 0 Å². The minimum atomic E-state index is -3.84. The quantitative estimate of drug-likeness (QED) is 0.407. The second-order valence-corrected chi connectivity index (χ2v) is 7.52. The molecule has 3 N–H and O–H groups in total. The van der Waals surface area contributed by atoms with Crippen molar-refractivity contribution >= 4 is 7.82 Å². The summed E-state index contributed by atoms with van der Waals surface area (Å²) >= 11 is 0. The predicted molar refractivity (Wildman–Crippen MR) is 82.7 cm³/mol. The Bertz CT molecular complexity index is 342. The van der Waals surface area contributed by atoms with Crippen LogP contribution < -0.4 is 16.8 Å². The van der Waals surface area contributed by atoms with E-state index in [0.29, 0.717) is 0 Å². The number of rotatable bonds is 9. The number of hydrogen-bond acceptors (Lipinski definition) is 10. The highest BCUT2D eigenvalue weighted by molar-refractivity contribution is 7.48. The third-order valence-electron chi connectivity index (χ3n) is 4.16. The van der Waals surface area contributed by atoms with Crippen molar-refractivity contribution in [1.29, 1.82) is 0 Å². The lowest BCUT2D eigenvalue weighted by Crippen LogP contribution is -2.40. The summed E-state index contributed by atoms with van der Waals surface area (Å²) in [5, 5.41) is 5.56. The molecule has 0 aromatic heterocycles. The second kappa shape index (κ2) is 8.82. The van der Waals surface area contributed by atoms with Gasteiger partial charge in [-0.2, -0.15) is 13.9 Å². The minimum Gasteiger partial charge on any atom is -0.223 e. The summed E-state index contributed by atoms with van der Waals surface area (Å²) in [4.78, 5) is 0. The molecule has 3 heterocycles. The van der Waals surface area contributed by atoms with Crippen molar-refractivity contribution in [2.75, 3.05) is 39.3 Å². The predicted octanol–water partition coefficient (Wildman–Crippen LogP) is 0.691. The first-order valence-electron chi connectivity index (χ1n) is 8.41. The van der Waals surface area contributed by atoms with Crippen molar-refractivity contribution in [3.63, 3.8) is 0 Å². The van der Waals surface area contributed by atoms with Crippen molar-refractivity contribution in [3.05, 3.63) is 0 Å². The minimum absolute atomic E-state index is 0.846. The van der Waals surface area contributed by atoms with Gasteiger partial charge in [-0.15, -0.1) is 16.8 Å².